The minimum atomic E-state index is -0.766. The molecular weight excluding hydrogens is 260 g/mol. The van der Waals surface area contributed by atoms with Crippen LogP contribution >= 0.6 is 0 Å². The van der Waals surface area contributed by atoms with E-state index in [1.807, 2.05) is 13.8 Å². The van der Waals surface area contributed by atoms with Crippen molar-refractivity contribution in [3.05, 3.63) is 27.7 Å². The lowest BCUT2D eigenvalue weighted by Gasteiger charge is -2.19. The minimum absolute atomic E-state index is 0.108. The molecule has 0 unspecified atom stereocenters. The van der Waals surface area contributed by atoms with Gasteiger partial charge in [-0.15, -0.1) is 0 Å². The fourth-order valence-corrected chi connectivity index (χ4v) is 1.98. The highest BCUT2D eigenvalue weighted by Crippen LogP contribution is 2.17. The molecule has 1 aromatic heterocycles. The number of hydrogen-bond donors (Lipinski definition) is 0. The lowest BCUT2D eigenvalue weighted by atomic mass is 10.0. The summed E-state index contributed by atoms with van der Waals surface area (Å²) in [5, 5.41) is 4.12. The lowest BCUT2D eigenvalue weighted by Crippen LogP contribution is -2.35. The average Bonchev–Trinajstić information content (AvgIpc) is 2.39. The number of esters is 1. The summed E-state index contributed by atoms with van der Waals surface area (Å²) in [5.41, 5.74) is 0.583. The summed E-state index contributed by atoms with van der Waals surface area (Å²) in [6.07, 6.45) is 1.27. The van der Waals surface area contributed by atoms with Gasteiger partial charge >= 0.3 is 5.97 Å². The van der Waals surface area contributed by atoms with E-state index >= 15 is 0 Å². The molecule has 0 saturated carbocycles. The Morgan fingerprint density at radius 2 is 2.15 bits per heavy atom. The predicted octanol–water partition coefficient (Wildman–Crippen LogP) is 1.05. The first kappa shape index (κ1) is 16.1. The molecule has 1 rings (SSSR count). The Morgan fingerprint density at radius 1 is 1.50 bits per heavy atom. The molecule has 0 aliphatic heterocycles. The van der Waals surface area contributed by atoms with Crippen LogP contribution in [0.2, 0.25) is 0 Å². The highest BCUT2D eigenvalue weighted by molar-refractivity contribution is 5.73. The van der Waals surface area contributed by atoms with Gasteiger partial charge in [-0.05, 0) is 25.3 Å². The van der Waals surface area contributed by atoms with Gasteiger partial charge in [0.1, 0.15) is 6.29 Å². The summed E-state index contributed by atoms with van der Waals surface area (Å²) in [4.78, 5) is 34.7. The molecule has 0 aliphatic carbocycles. The van der Waals surface area contributed by atoms with E-state index in [0.29, 0.717) is 24.0 Å². The fourth-order valence-electron chi connectivity index (χ4n) is 1.98. The lowest BCUT2D eigenvalue weighted by molar-refractivity contribution is -0.145. The van der Waals surface area contributed by atoms with Gasteiger partial charge in [0, 0.05) is 12.0 Å². The third-order valence-electron chi connectivity index (χ3n) is 2.92. The number of carbonyl (C=O) groups excluding carboxylic acids is 2. The summed E-state index contributed by atoms with van der Waals surface area (Å²) < 4.78 is 5.89. The number of aryl methyl sites for hydroxylation is 1. The zero-order chi connectivity index (χ0) is 15.3. The van der Waals surface area contributed by atoms with Crippen LogP contribution in [0, 0.1) is 12.8 Å². The molecule has 110 valence electrons. The van der Waals surface area contributed by atoms with Crippen molar-refractivity contribution >= 4 is 12.3 Å². The topological polar surface area (TPSA) is 78.3 Å². The van der Waals surface area contributed by atoms with Gasteiger partial charge in [-0.25, -0.2) is 9.48 Å². The molecular formula is C14H20N2O4. The number of hydrogen-bond acceptors (Lipinski definition) is 5. The molecule has 0 amide bonds. The van der Waals surface area contributed by atoms with E-state index in [4.69, 9.17) is 4.74 Å². The predicted molar refractivity (Wildman–Crippen MR) is 73.5 cm³/mol. The normalized spacial score (nSPS) is 12.2. The molecule has 1 aromatic rings. The van der Waals surface area contributed by atoms with Gasteiger partial charge in [0.15, 0.2) is 6.04 Å². The molecule has 1 heterocycles. The van der Waals surface area contributed by atoms with Gasteiger partial charge in [-0.1, -0.05) is 13.8 Å². The Morgan fingerprint density at radius 3 is 2.65 bits per heavy atom. The molecule has 0 fully saturated rings. The van der Waals surface area contributed by atoms with Gasteiger partial charge in [0.25, 0.3) is 5.56 Å². The number of aldehydes is 1. The van der Waals surface area contributed by atoms with Crippen LogP contribution in [0.5, 0.6) is 0 Å². The average molecular weight is 280 g/mol. The third kappa shape index (κ3) is 3.76. The number of carbonyl (C=O) groups is 2. The summed E-state index contributed by atoms with van der Waals surface area (Å²) in [6.45, 7) is 5.53. The van der Waals surface area contributed by atoms with Crippen LogP contribution in [0.25, 0.3) is 0 Å². The number of ether oxygens (including phenoxy) is 1. The molecule has 0 spiro atoms. The first-order valence-electron chi connectivity index (χ1n) is 6.51. The maximum absolute atomic E-state index is 12.2. The molecule has 0 saturated heterocycles. The molecule has 0 N–H and O–H groups in total. The van der Waals surface area contributed by atoms with Gasteiger partial charge in [-0.3, -0.25) is 4.79 Å². The molecule has 0 aromatic carbocycles. The van der Waals surface area contributed by atoms with Crippen LogP contribution in [0.4, 0.5) is 0 Å². The van der Waals surface area contributed by atoms with Crippen molar-refractivity contribution in [2.45, 2.75) is 39.7 Å². The second-order valence-electron chi connectivity index (χ2n) is 5.11. The van der Waals surface area contributed by atoms with Gasteiger partial charge in [0.05, 0.1) is 12.8 Å². The second kappa shape index (κ2) is 6.98. The molecule has 1 atom stereocenters. The summed E-state index contributed by atoms with van der Waals surface area (Å²) in [6, 6.07) is 0.800. The fraction of sp³-hybridized carbons (Fsp3) is 0.571. The van der Waals surface area contributed by atoms with Crippen molar-refractivity contribution in [1.29, 1.82) is 0 Å². The molecule has 0 bridgehead atoms. The largest absolute Gasteiger partial charge is 0.467 e. The van der Waals surface area contributed by atoms with Crippen molar-refractivity contribution in [3.8, 4) is 0 Å². The monoisotopic (exact) mass is 280 g/mol. The number of nitrogens with zero attached hydrogens (tertiary/aromatic N) is 2. The van der Waals surface area contributed by atoms with E-state index in [0.717, 1.165) is 4.68 Å². The standard InChI is InChI=1S/C14H20N2O4/c1-9(2)7-12(14(19)20-4)16-13(18)10(3)8-11(15-16)5-6-17/h6,8-9,12H,5,7H2,1-4H3/t12-/m0/s1. The number of rotatable bonds is 6. The van der Waals surface area contributed by atoms with Crippen LogP contribution < -0.4 is 5.56 Å². The Labute approximate surface area is 117 Å². The van der Waals surface area contributed by atoms with Crippen LogP contribution in [0.3, 0.4) is 0 Å². The first-order valence-corrected chi connectivity index (χ1v) is 6.51. The zero-order valence-corrected chi connectivity index (χ0v) is 12.3. The van der Waals surface area contributed by atoms with Crippen molar-refractivity contribution < 1.29 is 14.3 Å². The van der Waals surface area contributed by atoms with E-state index in [1.54, 1.807) is 13.0 Å². The van der Waals surface area contributed by atoms with Gasteiger partial charge in [0.2, 0.25) is 0 Å². The Kier molecular flexibility index (Phi) is 5.61. The quantitative estimate of drug-likeness (QED) is 0.575. The van der Waals surface area contributed by atoms with Crippen molar-refractivity contribution in [2.75, 3.05) is 7.11 Å². The molecule has 6 nitrogen and oxygen atoms in total. The maximum Gasteiger partial charge on any atom is 0.330 e. The Hall–Kier alpha value is -1.98. The summed E-state index contributed by atoms with van der Waals surface area (Å²) >= 11 is 0. The van der Waals surface area contributed by atoms with E-state index in [9.17, 15) is 14.4 Å². The molecule has 20 heavy (non-hydrogen) atoms. The van der Waals surface area contributed by atoms with E-state index in [-0.39, 0.29) is 17.9 Å². The van der Waals surface area contributed by atoms with Crippen LogP contribution in [-0.4, -0.2) is 29.1 Å². The van der Waals surface area contributed by atoms with E-state index in [1.165, 1.54) is 7.11 Å². The van der Waals surface area contributed by atoms with Crippen LogP contribution in [0.15, 0.2) is 10.9 Å². The Bertz CT molecular complexity index is 549. The minimum Gasteiger partial charge on any atom is -0.467 e. The highest BCUT2D eigenvalue weighted by Gasteiger charge is 2.25. The van der Waals surface area contributed by atoms with E-state index in [2.05, 4.69) is 5.10 Å². The van der Waals surface area contributed by atoms with Gasteiger partial charge < -0.3 is 9.53 Å². The van der Waals surface area contributed by atoms with Gasteiger partial charge in [-0.2, -0.15) is 5.10 Å². The molecule has 0 aliphatic rings. The SMILES string of the molecule is COC(=O)[C@H](CC(C)C)n1nc(CC=O)cc(C)c1=O. The Balaban J connectivity index is 3.34. The van der Waals surface area contributed by atoms with E-state index < -0.39 is 12.0 Å². The first-order chi connectivity index (χ1) is 9.40. The summed E-state index contributed by atoms with van der Waals surface area (Å²) in [5.74, 6) is -0.307. The van der Waals surface area contributed by atoms with Crippen molar-refractivity contribution in [2.24, 2.45) is 5.92 Å². The van der Waals surface area contributed by atoms with Crippen molar-refractivity contribution in [3.63, 3.8) is 0 Å². The smallest absolute Gasteiger partial charge is 0.330 e. The van der Waals surface area contributed by atoms with Crippen molar-refractivity contribution in [1.82, 2.24) is 9.78 Å². The van der Waals surface area contributed by atoms with Crippen LogP contribution in [-0.2, 0) is 20.7 Å². The van der Waals surface area contributed by atoms with Crippen LogP contribution in [0.1, 0.15) is 37.6 Å². The second-order valence-corrected chi connectivity index (χ2v) is 5.11. The number of aromatic nitrogens is 2. The summed E-state index contributed by atoms with van der Waals surface area (Å²) in [7, 11) is 1.28. The molecule has 0 radical (unpaired) electrons. The zero-order valence-electron chi connectivity index (χ0n) is 12.3. The maximum atomic E-state index is 12.2. The number of methoxy groups -OCH3 is 1. The highest BCUT2D eigenvalue weighted by atomic mass is 16.5. The molecule has 6 heteroatoms. The third-order valence-corrected chi connectivity index (χ3v) is 2.92.